The number of carbonyl (C=O) groups excluding carboxylic acids is 1. The van der Waals surface area contributed by atoms with Crippen molar-refractivity contribution in [1.29, 1.82) is 0 Å². The summed E-state index contributed by atoms with van der Waals surface area (Å²) in [7, 11) is 2.07. The van der Waals surface area contributed by atoms with Gasteiger partial charge in [-0.05, 0) is 7.05 Å². The number of likely N-dealkylation sites (N-methyl/N-ethyl adjacent to an activating group) is 1. The summed E-state index contributed by atoms with van der Waals surface area (Å²) in [6.07, 6.45) is -0.111. The lowest BCUT2D eigenvalue weighted by molar-refractivity contribution is -0.137. The minimum Gasteiger partial charge on any atom is -0.481 e. The van der Waals surface area contributed by atoms with E-state index >= 15 is 0 Å². The number of ketones is 1. The first-order valence-electron chi connectivity index (χ1n) is 7.28. The summed E-state index contributed by atoms with van der Waals surface area (Å²) in [4.78, 5) is 28.0. The molecule has 1 atom stereocenters. The lowest BCUT2D eigenvalue weighted by atomic mass is 9.93. The highest BCUT2D eigenvalue weighted by Crippen LogP contribution is 2.15. The minimum atomic E-state index is -0.918. The molecule has 5 nitrogen and oxygen atoms in total. The van der Waals surface area contributed by atoms with Crippen molar-refractivity contribution >= 4 is 11.8 Å². The van der Waals surface area contributed by atoms with Gasteiger partial charge in [-0.25, -0.2) is 0 Å². The maximum atomic E-state index is 12.5. The summed E-state index contributed by atoms with van der Waals surface area (Å²) in [5.41, 5.74) is 0.595. The molecule has 0 saturated carbocycles. The third kappa shape index (κ3) is 4.65. The van der Waals surface area contributed by atoms with Crippen molar-refractivity contribution in [3.8, 4) is 0 Å². The molecule has 1 saturated heterocycles. The molecule has 0 amide bonds. The fraction of sp³-hybridized carbons (Fsp3) is 0.500. The molecule has 1 heterocycles. The third-order valence-electron chi connectivity index (χ3n) is 3.92. The molecular weight excluding hydrogens is 268 g/mol. The lowest BCUT2D eigenvalue weighted by Gasteiger charge is -2.34. The Labute approximate surface area is 125 Å². The van der Waals surface area contributed by atoms with Crippen LogP contribution in [0.2, 0.25) is 0 Å². The minimum absolute atomic E-state index is 0.0723. The molecule has 0 bridgehead atoms. The number of carboxylic acids is 1. The van der Waals surface area contributed by atoms with Crippen LogP contribution in [0.25, 0.3) is 0 Å². The molecule has 1 aliphatic heterocycles. The number of nitrogens with zero attached hydrogens (tertiary/aromatic N) is 2. The Kier molecular flexibility index (Phi) is 5.47. The van der Waals surface area contributed by atoms with E-state index in [2.05, 4.69) is 16.8 Å². The standard InChI is InChI=1S/C16H22N2O3/c1-17-7-9-18(10-8-17)12-14(11-15(19)20)16(21)13-5-3-2-4-6-13/h2-6,14H,7-12H2,1H3,(H,19,20). The number of Topliss-reactive ketones (excluding diaryl/α,β-unsaturated/α-hetero) is 1. The summed E-state index contributed by atoms with van der Waals surface area (Å²) in [5, 5.41) is 9.07. The van der Waals surface area contributed by atoms with Gasteiger partial charge >= 0.3 is 5.97 Å². The van der Waals surface area contributed by atoms with Crippen LogP contribution in [0.5, 0.6) is 0 Å². The average Bonchev–Trinajstić information content (AvgIpc) is 2.48. The molecule has 21 heavy (non-hydrogen) atoms. The van der Waals surface area contributed by atoms with Crippen molar-refractivity contribution in [3.63, 3.8) is 0 Å². The van der Waals surface area contributed by atoms with Gasteiger partial charge in [-0.15, -0.1) is 0 Å². The van der Waals surface area contributed by atoms with Crippen molar-refractivity contribution in [2.75, 3.05) is 39.8 Å². The first-order chi connectivity index (χ1) is 10.1. The molecule has 1 N–H and O–H groups in total. The lowest BCUT2D eigenvalue weighted by Crippen LogP contribution is -2.47. The number of carboxylic acid groups (broad SMARTS) is 1. The van der Waals surface area contributed by atoms with Gasteiger partial charge in [-0.1, -0.05) is 30.3 Å². The van der Waals surface area contributed by atoms with Gasteiger partial charge in [0.2, 0.25) is 0 Å². The summed E-state index contributed by atoms with van der Waals surface area (Å²) in [6.45, 7) is 4.20. The maximum Gasteiger partial charge on any atom is 0.304 e. The molecule has 5 heteroatoms. The number of hydrogen-bond donors (Lipinski definition) is 1. The number of hydrogen-bond acceptors (Lipinski definition) is 4. The van der Waals surface area contributed by atoms with E-state index in [1.54, 1.807) is 24.3 Å². The van der Waals surface area contributed by atoms with Crippen molar-refractivity contribution in [2.24, 2.45) is 5.92 Å². The molecule has 0 aliphatic carbocycles. The zero-order valence-electron chi connectivity index (χ0n) is 12.4. The second-order valence-electron chi connectivity index (χ2n) is 5.63. The Morgan fingerprint density at radius 3 is 2.33 bits per heavy atom. The summed E-state index contributed by atoms with van der Waals surface area (Å²) < 4.78 is 0. The van der Waals surface area contributed by atoms with Crippen LogP contribution >= 0.6 is 0 Å². The first kappa shape index (κ1) is 15.7. The topological polar surface area (TPSA) is 60.9 Å². The summed E-state index contributed by atoms with van der Waals surface area (Å²) in [5.74, 6) is -1.47. The van der Waals surface area contributed by atoms with E-state index in [4.69, 9.17) is 5.11 Å². The van der Waals surface area contributed by atoms with E-state index < -0.39 is 11.9 Å². The van der Waals surface area contributed by atoms with Gasteiger partial charge in [-0.2, -0.15) is 0 Å². The molecule has 2 rings (SSSR count). The predicted octanol–water partition coefficient (Wildman–Crippen LogP) is 1.21. The van der Waals surface area contributed by atoms with E-state index in [-0.39, 0.29) is 12.2 Å². The largest absolute Gasteiger partial charge is 0.481 e. The molecule has 0 aromatic heterocycles. The highest BCUT2D eigenvalue weighted by atomic mass is 16.4. The number of carbonyl (C=O) groups is 2. The molecule has 1 unspecified atom stereocenters. The molecule has 0 radical (unpaired) electrons. The van der Waals surface area contributed by atoms with Crippen LogP contribution in [-0.2, 0) is 4.79 Å². The van der Waals surface area contributed by atoms with E-state index in [0.717, 1.165) is 26.2 Å². The smallest absolute Gasteiger partial charge is 0.304 e. The first-order valence-corrected chi connectivity index (χ1v) is 7.28. The SMILES string of the molecule is CN1CCN(CC(CC(=O)O)C(=O)c2ccccc2)CC1. The number of benzene rings is 1. The van der Waals surface area contributed by atoms with E-state index in [1.807, 2.05) is 6.07 Å². The van der Waals surface area contributed by atoms with Crippen LogP contribution in [0, 0.1) is 5.92 Å². The van der Waals surface area contributed by atoms with E-state index in [9.17, 15) is 9.59 Å². The van der Waals surface area contributed by atoms with Crippen LogP contribution in [0.3, 0.4) is 0 Å². The Balaban J connectivity index is 2.04. The van der Waals surface area contributed by atoms with Gasteiger partial charge in [-0.3, -0.25) is 9.59 Å². The van der Waals surface area contributed by atoms with Crippen LogP contribution in [-0.4, -0.2) is 66.4 Å². The molecule has 114 valence electrons. The maximum absolute atomic E-state index is 12.5. The fourth-order valence-electron chi connectivity index (χ4n) is 2.63. The summed E-state index contributed by atoms with van der Waals surface area (Å²) >= 11 is 0. The van der Waals surface area contributed by atoms with Gasteiger partial charge in [0.05, 0.1) is 6.42 Å². The van der Waals surface area contributed by atoms with Gasteiger partial charge < -0.3 is 14.9 Å². The Morgan fingerprint density at radius 2 is 1.76 bits per heavy atom. The van der Waals surface area contributed by atoms with Crippen molar-refractivity contribution in [1.82, 2.24) is 9.80 Å². The Hall–Kier alpha value is -1.72. The zero-order valence-corrected chi connectivity index (χ0v) is 12.4. The van der Waals surface area contributed by atoms with Crippen molar-refractivity contribution < 1.29 is 14.7 Å². The Bertz CT molecular complexity index is 482. The quantitative estimate of drug-likeness (QED) is 0.798. The normalized spacial score (nSPS) is 18.3. The molecule has 1 aromatic rings. The van der Waals surface area contributed by atoms with Crippen LogP contribution < -0.4 is 0 Å². The molecule has 0 spiro atoms. The van der Waals surface area contributed by atoms with E-state index in [0.29, 0.717) is 12.1 Å². The molecular formula is C16H22N2O3. The van der Waals surface area contributed by atoms with Gasteiger partial charge in [0.15, 0.2) is 5.78 Å². The van der Waals surface area contributed by atoms with Crippen molar-refractivity contribution in [2.45, 2.75) is 6.42 Å². The number of rotatable bonds is 6. The molecule has 1 fully saturated rings. The van der Waals surface area contributed by atoms with Gasteiger partial charge in [0.1, 0.15) is 0 Å². The summed E-state index contributed by atoms with van der Waals surface area (Å²) in [6, 6.07) is 8.97. The fourth-order valence-corrected chi connectivity index (χ4v) is 2.63. The van der Waals surface area contributed by atoms with Gasteiger partial charge in [0, 0.05) is 44.2 Å². The third-order valence-corrected chi connectivity index (χ3v) is 3.92. The van der Waals surface area contributed by atoms with Crippen LogP contribution in [0.1, 0.15) is 16.8 Å². The molecule has 1 aliphatic rings. The van der Waals surface area contributed by atoms with Gasteiger partial charge in [0.25, 0.3) is 0 Å². The predicted molar refractivity (Wildman–Crippen MR) is 80.5 cm³/mol. The second-order valence-corrected chi connectivity index (χ2v) is 5.63. The van der Waals surface area contributed by atoms with Crippen LogP contribution in [0.4, 0.5) is 0 Å². The monoisotopic (exact) mass is 290 g/mol. The number of aliphatic carboxylic acids is 1. The van der Waals surface area contributed by atoms with Crippen LogP contribution in [0.15, 0.2) is 30.3 Å². The zero-order chi connectivity index (χ0) is 15.2. The Morgan fingerprint density at radius 1 is 1.14 bits per heavy atom. The molecule has 1 aromatic carbocycles. The highest BCUT2D eigenvalue weighted by Gasteiger charge is 2.26. The number of piperazine rings is 1. The van der Waals surface area contributed by atoms with Crippen molar-refractivity contribution in [3.05, 3.63) is 35.9 Å². The average molecular weight is 290 g/mol. The second kappa shape index (κ2) is 7.33. The van der Waals surface area contributed by atoms with E-state index in [1.165, 1.54) is 0 Å². The highest BCUT2D eigenvalue weighted by molar-refractivity contribution is 5.99.